The monoisotopic (exact) mass is 568 g/mol. The SMILES string of the molecule is C=C(Nc1ccccc1)c1ccc(C2=c3ccccc3=C(c3ccc(C(=O)Nc4ccccc4)cc3)C3=CC=CCC32)cc1. The van der Waals surface area contributed by atoms with Gasteiger partial charge in [-0.05, 0) is 86.7 Å². The van der Waals surface area contributed by atoms with Crippen molar-refractivity contribution >= 4 is 34.1 Å². The van der Waals surface area contributed by atoms with E-state index >= 15 is 0 Å². The largest absolute Gasteiger partial charge is 0.356 e. The average Bonchev–Trinajstić information content (AvgIpc) is 3.08. The molecule has 0 radical (unpaired) electrons. The van der Waals surface area contributed by atoms with E-state index in [2.05, 4.69) is 96.1 Å². The smallest absolute Gasteiger partial charge is 0.255 e. The van der Waals surface area contributed by atoms with Gasteiger partial charge in [0.05, 0.1) is 0 Å². The van der Waals surface area contributed by atoms with Crippen LogP contribution in [0.5, 0.6) is 0 Å². The molecule has 1 unspecified atom stereocenters. The highest BCUT2D eigenvalue weighted by Gasteiger charge is 2.29. The van der Waals surface area contributed by atoms with Crippen LogP contribution in [0.4, 0.5) is 11.4 Å². The molecule has 212 valence electrons. The Bertz CT molecular complexity index is 2040. The van der Waals surface area contributed by atoms with Gasteiger partial charge in [0.15, 0.2) is 0 Å². The van der Waals surface area contributed by atoms with Crippen molar-refractivity contribution in [2.24, 2.45) is 5.92 Å². The molecule has 2 aliphatic carbocycles. The normalized spacial score (nSPS) is 15.1. The maximum absolute atomic E-state index is 12.9. The van der Waals surface area contributed by atoms with E-state index < -0.39 is 0 Å². The predicted octanol–water partition coefficient (Wildman–Crippen LogP) is 7.94. The zero-order valence-electron chi connectivity index (χ0n) is 24.3. The molecule has 2 aliphatic rings. The van der Waals surface area contributed by atoms with E-state index in [-0.39, 0.29) is 11.8 Å². The number of rotatable bonds is 7. The number of anilines is 2. The lowest BCUT2D eigenvalue weighted by Crippen LogP contribution is -2.37. The highest BCUT2D eigenvalue weighted by atomic mass is 16.1. The first-order valence-electron chi connectivity index (χ1n) is 14.9. The van der Waals surface area contributed by atoms with E-state index in [0.717, 1.165) is 34.6 Å². The molecule has 0 saturated heterocycles. The molecule has 1 amide bonds. The molecule has 0 aromatic heterocycles. The number of benzene rings is 5. The molecular formula is C41H32N2O. The van der Waals surface area contributed by atoms with Crippen LogP contribution in [-0.2, 0) is 0 Å². The van der Waals surface area contributed by atoms with Gasteiger partial charge in [0.25, 0.3) is 5.91 Å². The molecule has 0 aliphatic heterocycles. The number of hydrogen-bond donors (Lipinski definition) is 2. The zero-order valence-corrected chi connectivity index (χ0v) is 24.3. The van der Waals surface area contributed by atoms with Crippen molar-refractivity contribution in [2.45, 2.75) is 6.42 Å². The Morgan fingerprint density at radius 3 is 1.86 bits per heavy atom. The molecule has 0 saturated carbocycles. The van der Waals surface area contributed by atoms with Gasteiger partial charge in [0, 0.05) is 28.6 Å². The first-order chi connectivity index (χ1) is 21.7. The lowest BCUT2D eigenvalue weighted by atomic mass is 9.72. The maximum atomic E-state index is 12.9. The van der Waals surface area contributed by atoms with E-state index in [0.29, 0.717) is 5.56 Å². The molecule has 3 heteroatoms. The molecule has 5 aromatic rings. The van der Waals surface area contributed by atoms with E-state index in [1.54, 1.807) is 0 Å². The fourth-order valence-corrected chi connectivity index (χ4v) is 6.25. The molecule has 0 spiro atoms. The van der Waals surface area contributed by atoms with Gasteiger partial charge in [-0.15, -0.1) is 0 Å². The van der Waals surface area contributed by atoms with Crippen LogP contribution in [0.25, 0.3) is 16.8 Å². The van der Waals surface area contributed by atoms with Crippen LogP contribution in [-0.4, -0.2) is 5.91 Å². The summed E-state index contributed by atoms with van der Waals surface area (Å²) in [6.07, 6.45) is 7.62. The van der Waals surface area contributed by atoms with E-state index in [1.165, 1.54) is 32.7 Å². The van der Waals surface area contributed by atoms with Crippen LogP contribution in [0.3, 0.4) is 0 Å². The van der Waals surface area contributed by atoms with Crippen molar-refractivity contribution in [3.63, 3.8) is 0 Å². The Hall–Kier alpha value is -5.67. The summed E-state index contributed by atoms with van der Waals surface area (Å²) in [5.74, 6) is 0.109. The van der Waals surface area contributed by atoms with Crippen LogP contribution in [0.15, 0.2) is 164 Å². The molecule has 2 N–H and O–H groups in total. The number of carbonyl (C=O) groups is 1. The average molecular weight is 569 g/mol. The van der Waals surface area contributed by atoms with Crippen LogP contribution in [0.1, 0.15) is 33.5 Å². The van der Waals surface area contributed by atoms with Crippen molar-refractivity contribution in [1.29, 1.82) is 0 Å². The topological polar surface area (TPSA) is 41.1 Å². The van der Waals surface area contributed by atoms with Gasteiger partial charge < -0.3 is 10.6 Å². The molecule has 1 atom stereocenters. The second kappa shape index (κ2) is 11.9. The Balaban J connectivity index is 1.27. The van der Waals surface area contributed by atoms with Gasteiger partial charge in [-0.2, -0.15) is 0 Å². The summed E-state index contributed by atoms with van der Waals surface area (Å²) in [5.41, 5.74) is 10.6. The molecule has 0 heterocycles. The highest BCUT2D eigenvalue weighted by Crippen LogP contribution is 2.40. The van der Waals surface area contributed by atoms with Gasteiger partial charge in [-0.25, -0.2) is 0 Å². The van der Waals surface area contributed by atoms with Crippen LogP contribution in [0, 0.1) is 5.92 Å². The van der Waals surface area contributed by atoms with Gasteiger partial charge in [0.1, 0.15) is 0 Å². The molecule has 0 fully saturated rings. The van der Waals surface area contributed by atoms with Gasteiger partial charge in [-0.1, -0.05) is 122 Å². The maximum Gasteiger partial charge on any atom is 0.255 e. The van der Waals surface area contributed by atoms with Crippen LogP contribution < -0.4 is 21.1 Å². The number of nitrogens with one attached hydrogen (secondary N) is 2. The summed E-state index contributed by atoms with van der Waals surface area (Å²) in [6.45, 7) is 4.28. The zero-order chi connectivity index (χ0) is 29.9. The van der Waals surface area contributed by atoms with E-state index in [4.69, 9.17) is 0 Å². The summed E-state index contributed by atoms with van der Waals surface area (Å²) >= 11 is 0. The summed E-state index contributed by atoms with van der Waals surface area (Å²) in [6, 6.07) is 45.1. The Labute approximate surface area is 257 Å². The minimum Gasteiger partial charge on any atom is -0.356 e. The minimum absolute atomic E-state index is 0.116. The highest BCUT2D eigenvalue weighted by molar-refractivity contribution is 6.04. The van der Waals surface area contributed by atoms with Crippen molar-refractivity contribution in [2.75, 3.05) is 10.6 Å². The lowest BCUT2D eigenvalue weighted by Gasteiger charge is -2.31. The number of fused-ring (bicyclic) bond motifs is 2. The summed E-state index contributed by atoms with van der Waals surface area (Å²) in [7, 11) is 0. The van der Waals surface area contributed by atoms with E-state index in [9.17, 15) is 4.79 Å². The van der Waals surface area contributed by atoms with E-state index in [1.807, 2.05) is 72.8 Å². The molecule has 0 bridgehead atoms. The second-order valence-electron chi connectivity index (χ2n) is 11.1. The van der Waals surface area contributed by atoms with Crippen LogP contribution in [0.2, 0.25) is 0 Å². The fourth-order valence-electron chi connectivity index (χ4n) is 6.25. The number of amides is 1. The third kappa shape index (κ3) is 5.32. The van der Waals surface area contributed by atoms with Crippen molar-refractivity contribution in [1.82, 2.24) is 0 Å². The van der Waals surface area contributed by atoms with Crippen molar-refractivity contribution in [3.05, 3.63) is 197 Å². The number of para-hydroxylation sites is 2. The van der Waals surface area contributed by atoms with Gasteiger partial charge in [-0.3, -0.25) is 4.79 Å². The minimum atomic E-state index is -0.116. The predicted molar refractivity (Wildman–Crippen MR) is 182 cm³/mol. The first kappa shape index (κ1) is 27.2. The molecule has 3 nitrogen and oxygen atoms in total. The third-order valence-electron chi connectivity index (χ3n) is 8.36. The van der Waals surface area contributed by atoms with Crippen LogP contribution >= 0.6 is 0 Å². The number of allylic oxidation sites excluding steroid dienone is 4. The lowest BCUT2D eigenvalue weighted by molar-refractivity contribution is 0.102. The molecule has 7 rings (SSSR count). The number of carbonyl (C=O) groups excluding carboxylic acids is 1. The first-order valence-corrected chi connectivity index (χ1v) is 14.9. The summed E-state index contributed by atoms with van der Waals surface area (Å²) < 4.78 is 0. The van der Waals surface area contributed by atoms with Gasteiger partial charge in [0.2, 0.25) is 0 Å². The quantitative estimate of drug-likeness (QED) is 0.209. The standard InChI is InChI=1S/C41H32N2O/c1-28(42-33-12-4-2-5-13-33)29-20-22-30(23-21-29)39-35-16-8-10-18-37(35)40(38-19-11-9-17-36(38)39)31-24-26-32(27-25-31)41(44)43-34-14-6-3-7-15-34/h2-16,18-27,36,42H,1,17H2,(H,43,44). The Kier molecular flexibility index (Phi) is 7.35. The van der Waals surface area contributed by atoms with Crippen molar-refractivity contribution in [3.8, 4) is 0 Å². The second-order valence-corrected chi connectivity index (χ2v) is 11.1. The molecule has 5 aromatic carbocycles. The molecular weight excluding hydrogens is 536 g/mol. The Morgan fingerprint density at radius 1 is 0.614 bits per heavy atom. The molecule has 44 heavy (non-hydrogen) atoms. The third-order valence-corrected chi connectivity index (χ3v) is 8.36. The Morgan fingerprint density at radius 2 is 1.18 bits per heavy atom. The fraction of sp³-hybridized carbons (Fsp3) is 0.0488. The number of hydrogen-bond acceptors (Lipinski definition) is 2. The summed E-state index contributed by atoms with van der Waals surface area (Å²) in [5, 5.41) is 8.86. The summed E-state index contributed by atoms with van der Waals surface area (Å²) in [4.78, 5) is 12.9. The van der Waals surface area contributed by atoms with Crippen molar-refractivity contribution < 1.29 is 4.79 Å². The van der Waals surface area contributed by atoms with Gasteiger partial charge >= 0.3 is 0 Å².